The van der Waals surface area contributed by atoms with Gasteiger partial charge in [0.15, 0.2) is 0 Å². The first-order valence-electron chi connectivity index (χ1n) is 12.2. The summed E-state index contributed by atoms with van der Waals surface area (Å²) >= 11 is 3.48. The molecule has 3 rings (SSSR count). The molecule has 1 aromatic carbocycles. The average molecular weight is 616 g/mol. The summed E-state index contributed by atoms with van der Waals surface area (Å²) in [6.07, 6.45) is 0.113. The molecule has 0 radical (unpaired) electrons. The fourth-order valence-corrected chi connectivity index (χ4v) is 5.46. The van der Waals surface area contributed by atoms with Gasteiger partial charge >= 0.3 is 6.09 Å². The van der Waals surface area contributed by atoms with Crippen molar-refractivity contribution in [1.82, 2.24) is 4.98 Å². The van der Waals surface area contributed by atoms with E-state index in [1.165, 1.54) is 12.3 Å². The van der Waals surface area contributed by atoms with E-state index in [2.05, 4.69) is 30.6 Å². The third-order valence-electron chi connectivity index (χ3n) is 5.94. The third-order valence-corrected chi connectivity index (χ3v) is 8.73. The average Bonchev–Trinajstić information content (AvgIpc) is 2.96. The van der Waals surface area contributed by atoms with Crippen molar-refractivity contribution in [2.75, 3.05) is 29.6 Å². The number of carbonyl (C=O) groups is 2. The molecule has 208 valence electrons. The molecular formula is C26H33BrF2N4O4S. The monoisotopic (exact) mass is 614 g/mol. The van der Waals surface area contributed by atoms with E-state index < -0.39 is 33.3 Å². The molecule has 0 aliphatic carbocycles. The molecule has 1 N–H and O–H groups in total. The van der Waals surface area contributed by atoms with Gasteiger partial charge in [0.1, 0.15) is 11.4 Å². The summed E-state index contributed by atoms with van der Waals surface area (Å²) in [5.74, 6) is -2.91. The lowest BCUT2D eigenvalue weighted by atomic mass is 10.1. The molecule has 0 spiro atoms. The Morgan fingerprint density at radius 2 is 1.89 bits per heavy atom. The number of hydrogen-bond acceptors (Lipinski definition) is 6. The molecule has 1 fully saturated rings. The Morgan fingerprint density at radius 1 is 1.21 bits per heavy atom. The number of amides is 2. The molecule has 2 amide bonds. The van der Waals surface area contributed by atoms with Crippen LogP contribution in [0.2, 0.25) is 0 Å². The topological polar surface area (TPSA) is 101 Å². The molecule has 1 aliphatic heterocycles. The maximum absolute atomic E-state index is 14.0. The van der Waals surface area contributed by atoms with E-state index in [0.717, 1.165) is 0 Å². The molecule has 1 aromatic heterocycles. The minimum absolute atomic E-state index is 0.0698. The molecule has 1 saturated heterocycles. The first-order valence-corrected chi connectivity index (χ1v) is 14.9. The highest BCUT2D eigenvalue weighted by atomic mass is 79.9. The lowest BCUT2D eigenvalue weighted by molar-refractivity contribution is -0.0102. The van der Waals surface area contributed by atoms with Gasteiger partial charge < -0.3 is 15.0 Å². The molecule has 1 aliphatic rings. The number of nitrogens with one attached hydrogen (secondary N) is 1. The number of aromatic nitrogens is 1. The number of carbonyl (C=O) groups excluding carboxylic acids is 2. The van der Waals surface area contributed by atoms with Gasteiger partial charge in [-0.3, -0.25) is 4.79 Å². The van der Waals surface area contributed by atoms with Crippen LogP contribution < -0.4 is 10.2 Å². The standard InChI is InChI=1S/C26H33BrF2N4O4S/c1-16-20(22(30-17(2)21(16)27)33-13-8-11-26(28,29)12-14-33)23(34)31-18-9-7-10-19(15-18)38(6,36)32-24(35)37-25(3,4)5/h7,9-10,15H,8,11-14H2,1-6H3,(H,31,34)/t38-/m1/s1. The van der Waals surface area contributed by atoms with Crippen LogP contribution in [0.25, 0.3) is 0 Å². The number of alkyl halides is 2. The van der Waals surface area contributed by atoms with Gasteiger partial charge in [0.25, 0.3) is 5.91 Å². The minimum atomic E-state index is -3.17. The summed E-state index contributed by atoms with van der Waals surface area (Å²) in [5.41, 5.74) is 1.05. The highest BCUT2D eigenvalue weighted by Gasteiger charge is 2.34. The number of aryl methyl sites for hydroxylation is 1. The van der Waals surface area contributed by atoms with E-state index in [4.69, 9.17) is 4.74 Å². The van der Waals surface area contributed by atoms with Crippen LogP contribution in [0.4, 0.5) is 25.1 Å². The van der Waals surface area contributed by atoms with E-state index >= 15 is 0 Å². The lowest BCUT2D eigenvalue weighted by Crippen LogP contribution is -2.30. The Kier molecular flexibility index (Phi) is 8.87. The van der Waals surface area contributed by atoms with Crippen LogP contribution in [-0.4, -0.2) is 52.1 Å². The van der Waals surface area contributed by atoms with Crippen LogP contribution in [0, 0.1) is 13.8 Å². The van der Waals surface area contributed by atoms with Crippen LogP contribution in [0.5, 0.6) is 0 Å². The summed E-state index contributed by atoms with van der Waals surface area (Å²) in [7, 11) is -3.17. The van der Waals surface area contributed by atoms with Gasteiger partial charge in [0, 0.05) is 47.2 Å². The van der Waals surface area contributed by atoms with Crippen LogP contribution in [0.1, 0.15) is 61.6 Å². The Bertz CT molecular complexity index is 1370. The Morgan fingerprint density at radius 3 is 2.55 bits per heavy atom. The molecule has 2 heterocycles. The first kappa shape index (κ1) is 29.9. The van der Waals surface area contributed by atoms with Gasteiger partial charge in [-0.1, -0.05) is 6.07 Å². The molecule has 0 saturated carbocycles. The number of nitrogens with zero attached hydrogens (tertiary/aromatic N) is 3. The quantitative estimate of drug-likeness (QED) is 0.410. The number of ether oxygens (including phenoxy) is 1. The van der Waals surface area contributed by atoms with Crippen LogP contribution in [0.15, 0.2) is 38.0 Å². The molecule has 2 aromatic rings. The van der Waals surface area contributed by atoms with Gasteiger partial charge in [-0.05, 0) is 80.7 Å². The SMILES string of the molecule is Cc1nc(N2CCCC(F)(F)CC2)c(C(=O)Nc2cccc([S@@](C)(=O)=NC(=O)OC(C)(C)C)c2)c(C)c1Br. The van der Waals surface area contributed by atoms with Crippen LogP contribution >= 0.6 is 15.9 Å². The summed E-state index contributed by atoms with van der Waals surface area (Å²) in [4.78, 5) is 32.3. The van der Waals surface area contributed by atoms with E-state index in [0.29, 0.717) is 33.8 Å². The maximum atomic E-state index is 14.0. The van der Waals surface area contributed by atoms with E-state index in [-0.39, 0.29) is 36.3 Å². The number of anilines is 2. The lowest BCUT2D eigenvalue weighted by Gasteiger charge is -2.26. The summed E-state index contributed by atoms with van der Waals surface area (Å²) in [6.45, 7) is 9.01. The molecule has 0 unspecified atom stereocenters. The van der Waals surface area contributed by atoms with Crippen molar-refractivity contribution >= 4 is 49.2 Å². The van der Waals surface area contributed by atoms with Crippen molar-refractivity contribution in [3.63, 3.8) is 0 Å². The Hall–Kier alpha value is -2.60. The summed E-state index contributed by atoms with van der Waals surface area (Å²) in [6, 6.07) is 6.23. The van der Waals surface area contributed by atoms with Crippen LogP contribution in [0.3, 0.4) is 0 Å². The number of pyridine rings is 1. The summed E-state index contributed by atoms with van der Waals surface area (Å²) in [5, 5.41) is 2.80. The first-order chi connectivity index (χ1) is 17.5. The fraction of sp³-hybridized carbons (Fsp3) is 0.500. The van der Waals surface area contributed by atoms with Crippen molar-refractivity contribution < 1.29 is 27.3 Å². The van der Waals surface area contributed by atoms with Gasteiger partial charge in [0.05, 0.1) is 21.0 Å². The third kappa shape index (κ3) is 7.49. The normalized spacial score (nSPS) is 17.2. The zero-order valence-electron chi connectivity index (χ0n) is 22.4. The van der Waals surface area contributed by atoms with Crippen molar-refractivity contribution in [3.05, 3.63) is 45.6 Å². The zero-order valence-corrected chi connectivity index (χ0v) is 24.8. The second-order valence-electron chi connectivity index (χ2n) is 10.4. The number of rotatable bonds is 4. The van der Waals surface area contributed by atoms with E-state index in [1.807, 2.05) is 0 Å². The smallest absolute Gasteiger partial charge is 0.442 e. The minimum Gasteiger partial charge on any atom is -0.442 e. The highest BCUT2D eigenvalue weighted by Crippen LogP contribution is 2.34. The Labute approximate surface area is 230 Å². The number of halogens is 3. The van der Waals surface area contributed by atoms with E-state index in [9.17, 15) is 22.6 Å². The highest BCUT2D eigenvalue weighted by molar-refractivity contribution is 9.10. The van der Waals surface area contributed by atoms with Crippen molar-refractivity contribution in [3.8, 4) is 0 Å². The second kappa shape index (κ2) is 11.3. The second-order valence-corrected chi connectivity index (χ2v) is 13.4. The summed E-state index contributed by atoms with van der Waals surface area (Å²) < 4.78 is 50.8. The van der Waals surface area contributed by atoms with Crippen molar-refractivity contribution in [2.45, 2.75) is 70.3 Å². The maximum Gasteiger partial charge on any atom is 0.442 e. The van der Waals surface area contributed by atoms with Gasteiger partial charge in [0.2, 0.25) is 5.92 Å². The van der Waals surface area contributed by atoms with Crippen LogP contribution in [-0.2, 0) is 14.5 Å². The van der Waals surface area contributed by atoms with Gasteiger partial charge in [-0.15, -0.1) is 4.36 Å². The fourth-order valence-electron chi connectivity index (χ4n) is 4.07. The molecule has 38 heavy (non-hydrogen) atoms. The van der Waals surface area contributed by atoms with Crippen molar-refractivity contribution in [2.24, 2.45) is 4.36 Å². The molecular weight excluding hydrogens is 582 g/mol. The van der Waals surface area contributed by atoms with E-state index in [1.54, 1.807) is 57.7 Å². The largest absolute Gasteiger partial charge is 0.442 e. The number of benzene rings is 1. The predicted molar refractivity (Wildman–Crippen MR) is 148 cm³/mol. The zero-order chi connectivity index (χ0) is 28.5. The molecule has 12 heteroatoms. The van der Waals surface area contributed by atoms with Gasteiger partial charge in [-0.2, -0.15) is 0 Å². The molecule has 1 atom stereocenters. The van der Waals surface area contributed by atoms with Crippen molar-refractivity contribution in [1.29, 1.82) is 0 Å². The number of hydrogen-bond donors (Lipinski definition) is 1. The van der Waals surface area contributed by atoms with Gasteiger partial charge in [-0.25, -0.2) is 22.8 Å². The Balaban J connectivity index is 1.95. The predicted octanol–water partition coefficient (Wildman–Crippen LogP) is 6.73. The molecule has 0 bridgehead atoms. The molecule has 8 nitrogen and oxygen atoms in total.